The van der Waals surface area contributed by atoms with Crippen molar-refractivity contribution >= 4 is 23.6 Å². The molecule has 6 atom stereocenters. The lowest BCUT2D eigenvalue weighted by molar-refractivity contribution is -0.148. The molecule has 0 spiro atoms. The fourth-order valence-corrected chi connectivity index (χ4v) is 3.86. The molecule has 2 rings (SSSR count). The maximum Gasteiger partial charge on any atom is 0.246 e. The molecule has 0 aromatic heterocycles. The number of hydrogen-bond acceptors (Lipinski definition) is 7. The number of carbonyl (C=O) groups excluding carboxylic acids is 4. The van der Waals surface area contributed by atoms with Crippen molar-refractivity contribution in [2.75, 3.05) is 13.1 Å². The summed E-state index contributed by atoms with van der Waals surface area (Å²) in [6.07, 6.45) is -0.170. The fraction of sp³-hybridized carbons (Fsp3) is 0.778. The minimum absolute atomic E-state index is 0.341. The van der Waals surface area contributed by atoms with E-state index in [1.807, 2.05) is 0 Å². The molecule has 0 aromatic rings. The molecule has 2 aliphatic heterocycles. The molecule has 11 heteroatoms. The van der Waals surface area contributed by atoms with E-state index in [9.17, 15) is 29.4 Å². The summed E-state index contributed by atoms with van der Waals surface area (Å²) < 4.78 is 0. The molecule has 2 fully saturated rings. The first-order valence-corrected chi connectivity index (χ1v) is 9.88. The molecule has 164 valence electrons. The maximum atomic E-state index is 13.1. The Hall–Kier alpha value is -2.24. The second-order valence-electron chi connectivity index (χ2n) is 7.77. The van der Waals surface area contributed by atoms with Crippen molar-refractivity contribution in [1.82, 2.24) is 15.1 Å². The van der Waals surface area contributed by atoms with E-state index in [1.165, 1.54) is 23.6 Å². The third kappa shape index (κ3) is 5.03. The SMILES string of the molecule is CC(O)C(NC(=O)[C@@H]1CCCN1C(=O)[C@@H]1CCCN1C(=O)[C@@H](N)[C@@H](C)O)C(N)=O. The van der Waals surface area contributed by atoms with Gasteiger partial charge in [-0.05, 0) is 39.5 Å². The van der Waals surface area contributed by atoms with E-state index in [0.717, 1.165) is 0 Å². The summed E-state index contributed by atoms with van der Waals surface area (Å²) in [6.45, 7) is 3.44. The molecule has 0 aromatic carbocycles. The molecular weight excluding hydrogens is 382 g/mol. The minimum atomic E-state index is -1.26. The third-order valence-corrected chi connectivity index (χ3v) is 5.55. The van der Waals surface area contributed by atoms with Crippen LogP contribution < -0.4 is 16.8 Å². The van der Waals surface area contributed by atoms with Gasteiger partial charge in [0.25, 0.3) is 0 Å². The summed E-state index contributed by atoms with van der Waals surface area (Å²) in [5.41, 5.74) is 11.0. The summed E-state index contributed by atoms with van der Waals surface area (Å²) in [6, 6.07) is -3.94. The monoisotopic (exact) mass is 413 g/mol. The second kappa shape index (κ2) is 9.51. The Morgan fingerprint density at radius 3 is 2.03 bits per heavy atom. The summed E-state index contributed by atoms with van der Waals surface area (Å²) >= 11 is 0. The van der Waals surface area contributed by atoms with E-state index in [1.54, 1.807) is 0 Å². The molecule has 2 saturated heterocycles. The maximum absolute atomic E-state index is 13.1. The Balaban J connectivity index is 2.11. The van der Waals surface area contributed by atoms with Crippen LogP contribution in [0, 0.1) is 0 Å². The number of hydrogen-bond donors (Lipinski definition) is 5. The Bertz CT molecular complexity index is 655. The Morgan fingerprint density at radius 2 is 1.52 bits per heavy atom. The molecule has 0 bridgehead atoms. The first-order chi connectivity index (χ1) is 13.6. The molecule has 11 nitrogen and oxygen atoms in total. The lowest BCUT2D eigenvalue weighted by Gasteiger charge is -2.33. The van der Waals surface area contributed by atoms with Gasteiger partial charge in [-0.2, -0.15) is 0 Å². The molecule has 2 heterocycles. The predicted octanol–water partition coefficient (Wildman–Crippen LogP) is -2.97. The number of nitrogens with two attached hydrogens (primary N) is 2. The van der Waals surface area contributed by atoms with Crippen LogP contribution in [-0.2, 0) is 19.2 Å². The largest absolute Gasteiger partial charge is 0.391 e. The van der Waals surface area contributed by atoms with Crippen molar-refractivity contribution in [3.8, 4) is 0 Å². The Labute approximate surface area is 169 Å². The van der Waals surface area contributed by atoms with Gasteiger partial charge in [-0.1, -0.05) is 0 Å². The molecule has 2 aliphatic rings. The van der Waals surface area contributed by atoms with Gasteiger partial charge in [-0.3, -0.25) is 19.2 Å². The lowest BCUT2D eigenvalue weighted by Crippen LogP contribution is -2.58. The third-order valence-electron chi connectivity index (χ3n) is 5.55. The molecule has 0 saturated carbocycles. The van der Waals surface area contributed by atoms with E-state index in [0.29, 0.717) is 38.8 Å². The highest BCUT2D eigenvalue weighted by atomic mass is 16.3. The van der Waals surface area contributed by atoms with Gasteiger partial charge in [0.1, 0.15) is 24.2 Å². The van der Waals surface area contributed by atoms with Crippen molar-refractivity contribution in [1.29, 1.82) is 0 Å². The van der Waals surface area contributed by atoms with Gasteiger partial charge >= 0.3 is 0 Å². The van der Waals surface area contributed by atoms with Crippen molar-refractivity contribution in [3.05, 3.63) is 0 Å². The number of aliphatic hydroxyl groups excluding tert-OH is 2. The topological polar surface area (TPSA) is 179 Å². The molecule has 4 amide bonds. The van der Waals surface area contributed by atoms with Crippen LogP contribution >= 0.6 is 0 Å². The van der Waals surface area contributed by atoms with Crippen LogP contribution in [0.3, 0.4) is 0 Å². The minimum Gasteiger partial charge on any atom is -0.391 e. The highest BCUT2D eigenvalue weighted by Crippen LogP contribution is 2.25. The number of primary amides is 1. The van der Waals surface area contributed by atoms with Crippen LogP contribution in [0.15, 0.2) is 0 Å². The van der Waals surface area contributed by atoms with Gasteiger partial charge in [0, 0.05) is 13.1 Å². The number of nitrogens with one attached hydrogen (secondary N) is 1. The summed E-state index contributed by atoms with van der Waals surface area (Å²) in [4.78, 5) is 52.5. The van der Waals surface area contributed by atoms with Crippen LogP contribution in [0.4, 0.5) is 0 Å². The number of nitrogens with zero attached hydrogens (tertiary/aromatic N) is 2. The second-order valence-corrected chi connectivity index (χ2v) is 7.77. The van der Waals surface area contributed by atoms with Gasteiger partial charge in [0.05, 0.1) is 12.2 Å². The predicted molar refractivity (Wildman–Crippen MR) is 102 cm³/mol. The highest BCUT2D eigenvalue weighted by Gasteiger charge is 2.43. The standard InChI is InChI=1S/C18H31N5O6/c1-9(24)13(19)18(29)23-8-4-6-12(23)17(28)22-7-3-5-11(22)16(27)21-14(10(2)25)15(20)26/h9-14,24-25H,3-8,19H2,1-2H3,(H2,20,26)(H,21,27)/t9-,10?,11+,12+,13+,14?/m1/s1. The van der Waals surface area contributed by atoms with Gasteiger partial charge in [-0.25, -0.2) is 0 Å². The average Bonchev–Trinajstić information content (AvgIpc) is 3.32. The van der Waals surface area contributed by atoms with Gasteiger partial charge in [0.2, 0.25) is 23.6 Å². The van der Waals surface area contributed by atoms with E-state index in [2.05, 4.69) is 5.32 Å². The van der Waals surface area contributed by atoms with Gasteiger partial charge in [-0.15, -0.1) is 0 Å². The van der Waals surface area contributed by atoms with Crippen molar-refractivity contribution in [3.63, 3.8) is 0 Å². The van der Waals surface area contributed by atoms with Crippen LogP contribution in [0.5, 0.6) is 0 Å². The van der Waals surface area contributed by atoms with Crippen molar-refractivity contribution < 1.29 is 29.4 Å². The number of carbonyl (C=O) groups is 4. The van der Waals surface area contributed by atoms with E-state index >= 15 is 0 Å². The Morgan fingerprint density at radius 1 is 0.966 bits per heavy atom. The molecule has 0 aliphatic carbocycles. The normalized spacial score (nSPS) is 26.0. The van der Waals surface area contributed by atoms with E-state index in [4.69, 9.17) is 11.5 Å². The van der Waals surface area contributed by atoms with Crippen LogP contribution in [0.25, 0.3) is 0 Å². The van der Waals surface area contributed by atoms with Gasteiger partial charge < -0.3 is 36.8 Å². The Kier molecular flexibility index (Phi) is 7.55. The number of amides is 4. The molecule has 2 unspecified atom stereocenters. The smallest absolute Gasteiger partial charge is 0.246 e. The first kappa shape index (κ1) is 23.0. The van der Waals surface area contributed by atoms with Crippen LogP contribution in [-0.4, -0.2) is 93.1 Å². The zero-order chi connectivity index (χ0) is 21.9. The van der Waals surface area contributed by atoms with Gasteiger partial charge in [0.15, 0.2) is 0 Å². The number of aliphatic hydroxyl groups is 2. The zero-order valence-electron chi connectivity index (χ0n) is 16.8. The highest BCUT2D eigenvalue weighted by molar-refractivity contribution is 5.95. The molecule has 0 radical (unpaired) electrons. The summed E-state index contributed by atoms with van der Waals surface area (Å²) in [5, 5.41) is 21.6. The van der Waals surface area contributed by atoms with E-state index in [-0.39, 0.29) is 5.91 Å². The number of rotatable bonds is 7. The lowest BCUT2D eigenvalue weighted by atomic mass is 10.1. The van der Waals surface area contributed by atoms with Crippen LogP contribution in [0.2, 0.25) is 0 Å². The summed E-state index contributed by atoms with van der Waals surface area (Å²) in [5.74, 6) is -2.31. The molecule has 29 heavy (non-hydrogen) atoms. The number of likely N-dealkylation sites (tertiary alicyclic amines) is 2. The van der Waals surface area contributed by atoms with E-state index < -0.39 is 54.1 Å². The average molecular weight is 413 g/mol. The molecular formula is C18H31N5O6. The molecule has 7 N–H and O–H groups in total. The first-order valence-electron chi connectivity index (χ1n) is 9.88. The van der Waals surface area contributed by atoms with Crippen LogP contribution in [0.1, 0.15) is 39.5 Å². The zero-order valence-corrected chi connectivity index (χ0v) is 16.8. The van der Waals surface area contributed by atoms with Crippen molar-refractivity contribution in [2.45, 2.75) is 75.9 Å². The quantitative estimate of drug-likeness (QED) is 0.295. The van der Waals surface area contributed by atoms with Crippen molar-refractivity contribution in [2.24, 2.45) is 11.5 Å². The summed E-state index contributed by atoms with van der Waals surface area (Å²) in [7, 11) is 0. The fourth-order valence-electron chi connectivity index (χ4n) is 3.86.